The number of methoxy groups -OCH3 is 2. The van der Waals surface area contributed by atoms with E-state index in [0.717, 1.165) is 6.08 Å². The predicted octanol–water partition coefficient (Wildman–Crippen LogP) is 2.36. The van der Waals surface area contributed by atoms with Gasteiger partial charge in [-0.1, -0.05) is 45.6 Å². The van der Waals surface area contributed by atoms with E-state index in [4.69, 9.17) is 25.7 Å². The molecule has 1 aliphatic carbocycles. The average molecular weight is 562 g/mol. The van der Waals surface area contributed by atoms with Crippen LogP contribution in [-0.2, 0) is 28.6 Å². The first-order valence-electron chi connectivity index (χ1n) is 12.9. The van der Waals surface area contributed by atoms with Gasteiger partial charge in [-0.25, -0.2) is 4.79 Å². The Morgan fingerprint density at radius 2 is 1.77 bits per heavy atom. The minimum absolute atomic E-state index is 0.0217. The standard InChI is InChI=1S/C29H43N3O8/c1-15(2)25(34)23(39-8)13-17(5)12-19-24(30)21(33)14-20(26(19)35)32-28(36)18(6)10-9-11-22(38-7)27(16(3)4)40-29(31)37/h9-11,14-15,17,22-23,25,27,34H,3,12-13,30H2,1-2,4-8H3,(H2,31,37)(H,32,36)/b11-9-,18-10+/t17-,22+,23+,25-,27+/m1/s1. The van der Waals surface area contributed by atoms with Crippen LogP contribution in [0.4, 0.5) is 4.79 Å². The number of aliphatic hydroxyl groups is 1. The van der Waals surface area contributed by atoms with Crippen LogP contribution in [0, 0.1) is 11.8 Å². The molecule has 0 aromatic heterocycles. The average Bonchev–Trinajstić information content (AvgIpc) is 2.88. The number of aliphatic hydroxyl groups excluding tert-OH is 1. The first kappa shape index (κ1) is 34.5. The van der Waals surface area contributed by atoms with Gasteiger partial charge in [-0.3, -0.25) is 14.4 Å². The number of allylic oxidation sites excluding steroid dienone is 4. The van der Waals surface area contributed by atoms with Crippen molar-refractivity contribution in [2.45, 2.75) is 71.9 Å². The predicted molar refractivity (Wildman–Crippen MR) is 150 cm³/mol. The van der Waals surface area contributed by atoms with Crippen LogP contribution >= 0.6 is 0 Å². The highest BCUT2D eigenvalue weighted by Crippen LogP contribution is 2.26. The highest BCUT2D eigenvalue weighted by molar-refractivity contribution is 6.23. The van der Waals surface area contributed by atoms with Gasteiger partial charge < -0.3 is 36.1 Å². The van der Waals surface area contributed by atoms with Crippen molar-refractivity contribution in [2.75, 3.05) is 14.2 Å². The van der Waals surface area contributed by atoms with Gasteiger partial charge in [0.05, 0.1) is 23.6 Å². The van der Waals surface area contributed by atoms with E-state index in [1.807, 2.05) is 20.8 Å². The Labute approximate surface area is 236 Å². The third-order valence-electron chi connectivity index (χ3n) is 6.49. The third kappa shape index (κ3) is 9.89. The number of hydrogen-bond acceptors (Lipinski definition) is 9. The summed E-state index contributed by atoms with van der Waals surface area (Å²) in [6, 6.07) is 0. The van der Waals surface area contributed by atoms with E-state index in [1.54, 1.807) is 13.0 Å². The Hall–Kier alpha value is -3.54. The van der Waals surface area contributed by atoms with Gasteiger partial charge in [0.15, 0.2) is 6.10 Å². The van der Waals surface area contributed by atoms with E-state index < -0.39 is 48.0 Å². The largest absolute Gasteiger partial charge is 0.439 e. The molecule has 1 aliphatic rings. The zero-order chi connectivity index (χ0) is 30.7. The number of ketones is 2. The Kier molecular flexibility index (Phi) is 13.7. The summed E-state index contributed by atoms with van der Waals surface area (Å²) in [5, 5.41) is 12.9. The minimum Gasteiger partial charge on any atom is -0.439 e. The smallest absolute Gasteiger partial charge is 0.405 e. The SMILES string of the molecule is C=C(C)[C@H](OC(N)=O)[C@H](/C=C\C=C(/C)C(=O)NC1=CC(=O)C(N)=C(C[C@@H](C)C[C@H](OC)[C@H](O)C(C)C)C1=O)OC. The van der Waals surface area contributed by atoms with Crippen LogP contribution in [0.5, 0.6) is 0 Å². The molecule has 222 valence electrons. The maximum absolute atomic E-state index is 13.2. The fourth-order valence-electron chi connectivity index (χ4n) is 4.12. The van der Waals surface area contributed by atoms with Crippen molar-refractivity contribution in [2.24, 2.45) is 23.3 Å². The van der Waals surface area contributed by atoms with Crippen molar-refractivity contribution in [3.05, 3.63) is 59.0 Å². The van der Waals surface area contributed by atoms with Crippen molar-refractivity contribution in [1.82, 2.24) is 5.32 Å². The molecule has 40 heavy (non-hydrogen) atoms. The van der Waals surface area contributed by atoms with Gasteiger partial charge >= 0.3 is 6.09 Å². The zero-order valence-electron chi connectivity index (χ0n) is 24.4. The van der Waals surface area contributed by atoms with E-state index in [0.29, 0.717) is 12.0 Å². The third-order valence-corrected chi connectivity index (χ3v) is 6.49. The molecule has 0 saturated heterocycles. The lowest BCUT2D eigenvalue weighted by Gasteiger charge is -2.28. The molecule has 0 unspecified atom stereocenters. The monoisotopic (exact) mass is 561 g/mol. The lowest BCUT2D eigenvalue weighted by molar-refractivity contribution is -0.120. The molecule has 0 saturated carbocycles. The molecule has 0 bridgehead atoms. The summed E-state index contributed by atoms with van der Waals surface area (Å²) in [6.45, 7) is 12.6. The summed E-state index contributed by atoms with van der Waals surface area (Å²) in [6.07, 6.45) is 2.49. The summed E-state index contributed by atoms with van der Waals surface area (Å²) in [4.78, 5) is 49.7. The number of rotatable bonds is 15. The second-order valence-corrected chi connectivity index (χ2v) is 10.3. The molecule has 2 amide bonds. The molecule has 0 radical (unpaired) electrons. The van der Waals surface area contributed by atoms with Crippen LogP contribution in [0.3, 0.4) is 0 Å². The van der Waals surface area contributed by atoms with Crippen molar-refractivity contribution in [3.63, 3.8) is 0 Å². The molecule has 11 heteroatoms. The molecule has 11 nitrogen and oxygen atoms in total. The first-order valence-corrected chi connectivity index (χ1v) is 12.9. The van der Waals surface area contributed by atoms with Gasteiger partial charge in [0.1, 0.15) is 6.10 Å². The number of carbonyl (C=O) groups excluding carboxylic acids is 4. The van der Waals surface area contributed by atoms with Crippen LogP contribution in [0.25, 0.3) is 0 Å². The Morgan fingerprint density at radius 3 is 2.27 bits per heavy atom. The first-order chi connectivity index (χ1) is 18.6. The van der Waals surface area contributed by atoms with Crippen molar-refractivity contribution in [3.8, 4) is 0 Å². The van der Waals surface area contributed by atoms with Gasteiger partial charge in [0.25, 0.3) is 5.91 Å². The highest BCUT2D eigenvalue weighted by Gasteiger charge is 2.31. The fourth-order valence-corrected chi connectivity index (χ4v) is 4.12. The molecular formula is C29H43N3O8. The normalized spacial score (nSPS) is 18.3. The number of carbonyl (C=O) groups is 4. The molecule has 5 atom stereocenters. The number of nitrogens with two attached hydrogens (primary N) is 2. The summed E-state index contributed by atoms with van der Waals surface area (Å²) in [5.41, 5.74) is 11.6. The van der Waals surface area contributed by atoms with Crippen LogP contribution < -0.4 is 16.8 Å². The second-order valence-electron chi connectivity index (χ2n) is 10.3. The molecular weight excluding hydrogens is 518 g/mol. The quantitative estimate of drug-likeness (QED) is 0.101. The summed E-state index contributed by atoms with van der Waals surface area (Å²) in [7, 11) is 2.92. The molecule has 0 heterocycles. The van der Waals surface area contributed by atoms with Gasteiger partial charge in [0.2, 0.25) is 11.6 Å². The maximum Gasteiger partial charge on any atom is 0.405 e. The molecule has 0 spiro atoms. The summed E-state index contributed by atoms with van der Waals surface area (Å²) >= 11 is 0. The summed E-state index contributed by atoms with van der Waals surface area (Å²) in [5.74, 6) is -1.91. The van der Waals surface area contributed by atoms with E-state index >= 15 is 0 Å². The molecule has 6 N–H and O–H groups in total. The zero-order valence-corrected chi connectivity index (χ0v) is 24.4. The van der Waals surface area contributed by atoms with E-state index in [2.05, 4.69) is 11.9 Å². The molecule has 0 aromatic rings. The Morgan fingerprint density at radius 1 is 1.15 bits per heavy atom. The van der Waals surface area contributed by atoms with Crippen molar-refractivity contribution < 1.29 is 38.5 Å². The number of ether oxygens (including phenoxy) is 3. The number of nitrogens with one attached hydrogen (secondary N) is 1. The van der Waals surface area contributed by atoms with Gasteiger partial charge in [-0.2, -0.15) is 0 Å². The Balaban J connectivity index is 2.98. The van der Waals surface area contributed by atoms with E-state index in [-0.39, 0.29) is 40.8 Å². The van der Waals surface area contributed by atoms with Crippen molar-refractivity contribution in [1.29, 1.82) is 0 Å². The maximum atomic E-state index is 13.2. The number of primary amides is 1. The van der Waals surface area contributed by atoms with E-state index in [1.165, 1.54) is 33.3 Å². The molecule has 0 fully saturated rings. The molecule has 0 aliphatic heterocycles. The minimum atomic E-state index is -0.982. The lowest BCUT2D eigenvalue weighted by atomic mass is 9.86. The Bertz CT molecular complexity index is 1100. The fraction of sp³-hybridized carbons (Fsp3) is 0.517. The van der Waals surface area contributed by atoms with Crippen LogP contribution in [0.2, 0.25) is 0 Å². The van der Waals surface area contributed by atoms with Crippen LogP contribution in [0.1, 0.15) is 47.5 Å². The molecule has 0 aromatic carbocycles. The topological polar surface area (TPSA) is 180 Å². The van der Waals surface area contributed by atoms with Gasteiger partial charge in [-0.05, 0) is 44.1 Å². The number of amides is 2. The number of Topliss-reactive ketones (excluding diaryl/α,β-unsaturated/α-hetero) is 1. The second kappa shape index (κ2) is 15.9. The van der Waals surface area contributed by atoms with Gasteiger partial charge in [-0.15, -0.1) is 0 Å². The molecule has 1 rings (SSSR count). The summed E-state index contributed by atoms with van der Waals surface area (Å²) < 4.78 is 15.8. The van der Waals surface area contributed by atoms with Gasteiger partial charge in [0, 0.05) is 31.4 Å². The lowest BCUT2D eigenvalue weighted by Crippen LogP contribution is -2.36. The van der Waals surface area contributed by atoms with E-state index in [9.17, 15) is 24.3 Å². The highest BCUT2D eigenvalue weighted by atomic mass is 16.6. The van der Waals surface area contributed by atoms with Crippen LogP contribution in [-0.4, -0.2) is 67.3 Å². The van der Waals surface area contributed by atoms with Crippen molar-refractivity contribution >= 4 is 23.6 Å². The van der Waals surface area contributed by atoms with Crippen LogP contribution in [0.15, 0.2) is 59.0 Å². The number of hydrogen-bond donors (Lipinski definition) is 4.